The fourth-order valence-electron chi connectivity index (χ4n) is 3.95. The number of nitrogens with zero attached hydrogens (tertiary/aromatic N) is 6. The van der Waals surface area contributed by atoms with Crippen LogP contribution in [0.3, 0.4) is 0 Å². The first-order valence-corrected chi connectivity index (χ1v) is 9.66. The van der Waals surface area contributed by atoms with Gasteiger partial charge in [-0.25, -0.2) is 14.4 Å². The number of benzene rings is 1. The lowest BCUT2D eigenvalue weighted by molar-refractivity contribution is 0.306. The van der Waals surface area contributed by atoms with Gasteiger partial charge in [-0.1, -0.05) is 6.92 Å². The Balaban J connectivity index is 1.77. The van der Waals surface area contributed by atoms with Gasteiger partial charge < -0.3 is 4.74 Å². The van der Waals surface area contributed by atoms with Crippen molar-refractivity contribution in [2.24, 2.45) is 7.05 Å². The maximum Gasteiger partial charge on any atom is 0.199 e. The molecule has 4 aromatic rings. The average Bonchev–Trinajstić information content (AvgIpc) is 3.30. The van der Waals surface area contributed by atoms with E-state index in [-0.39, 0.29) is 11.7 Å². The molecule has 4 heterocycles. The largest absolute Gasteiger partial charge is 0.493 e. The highest BCUT2D eigenvalue weighted by Gasteiger charge is 2.24. The molecule has 3 aromatic heterocycles. The van der Waals surface area contributed by atoms with Crippen LogP contribution in [0.25, 0.3) is 22.4 Å². The fraction of sp³-hybridized carbons (Fsp3) is 0.286. The molecule has 2 bridgehead atoms. The first-order chi connectivity index (χ1) is 14.6. The maximum absolute atomic E-state index is 14.0. The van der Waals surface area contributed by atoms with Gasteiger partial charge >= 0.3 is 0 Å². The summed E-state index contributed by atoms with van der Waals surface area (Å²) in [5, 5.41) is 21.5. The molecular formula is C21H18FN7O. The number of ether oxygens (including phenoxy) is 1. The first kappa shape index (κ1) is 18.2. The third-order valence-electron chi connectivity index (χ3n) is 5.46. The highest BCUT2D eigenvalue weighted by molar-refractivity contribution is 5.79. The van der Waals surface area contributed by atoms with Gasteiger partial charge in [0.05, 0.1) is 35.4 Å². The minimum Gasteiger partial charge on any atom is -0.493 e. The van der Waals surface area contributed by atoms with Crippen molar-refractivity contribution in [3.05, 3.63) is 52.9 Å². The predicted octanol–water partition coefficient (Wildman–Crippen LogP) is 3.24. The van der Waals surface area contributed by atoms with Crippen molar-refractivity contribution in [1.29, 1.82) is 5.26 Å². The number of aromatic nitrogens is 6. The van der Waals surface area contributed by atoms with E-state index < -0.39 is 0 Å². The molecule has 0 radical (unpaired) electrons. The summed E-state index contributed by atoms with van der Waals surface area (Å²) in [5.41, 5.74) is 4.89. The number of aromatic amines is 1. The molecule has 8 nitrogen and oxygen atoms in total. The Morgan fingerprint density at radius 2 is 2.23 bits per heavy atom. The molecule has 5 rings (SSSR count). The van der Waals surface area contributed by atoms with E-state index in [0.717, 1.165) is 5.69 Å². The summed E-state index contributed by atoms with van der Waals surface area (Å²) in [6.07, 6.45) is 2.90. The van der Waals surface area contributed by atoms with Gasteiger partial charge in [0.2, 0.25) is 0 Å². The molecular weight excluding hydrogens is 385 g/mol. The van der Waals surface area contributed by atoms with E-state index in [0.29, 0.717) is 64.6 Å². The Kier molecular flexibility index (Phi) is 4.20. The van der Waals surface area contributed by atoms with Crippen molar-refractivity contribution in [1.82, 2.24) is 29.9 Å². The molecule has 0 saturated carbocycles. The number of nitrogens with one attached hydrogen (secondary N) is 1. The Bertz CT molecular complexity index is 1320. The summed E-state index contributed by atoms with van der Waals surface area (Å²) >= 11 is 0. The van der Waals surface area contributed by atoms with E-state index in [1.807, 2.05) is 6.92 Å². The van der Waals surface area contributed by atoms with Crippen LogP contribution in [0.4, 0.5) is 4.39 Å². The van der Waals surface area contributed by atoms with Crippen LogP contribution in [0, 0.1) is 17.1 Å². The zero-order chi connectivity index (χ0) is 20.8. The molecule has 0 amide bonds. The number of rotatable bonds is 0. The second-order valence-corrected chi connectivity index (χ2v) is 7.33. The summed E-state index contributed by atoms with van der Waals surface area (Å²) in [6, 6.07) is 6.74. The highest BCUT2D eigenvalue weighted by atomic mass is 19.1. The fourth-order valence-corrected chi connectivity index (χ4v) is 3.95. The van der Waals surface area contributed by atoms with E-state index >= 15 is 0 Å². The van der Waals surface area contributed by atoms with Gasteiger partial charge in [0.15, 0.2) is 5.65 Å². The maximum atomic E-state index is 14.0. The second kappa shape index (κ2) is 6.91. The summed E-state index contributed by atoms with van der Waals surface area (Å²) in [4.78, 5) is 9.23. The zero-order valence-corrected chi connectivity index (χ0v) is 16.5. The normalized spacial score (nSPS) is 16.0. The third kappa shape index (κ3) is 2.80. The summed E-state index contributed by atoms with van der Waals surface area (Å²) in [7, 11) is 1.74. The van der Waals surface area contributed by atoms with Crippen molar-refractivity contribution < 1.29 is 9.13 Å². The lowest BCUT2D eigenvalue weighted by Crippen LogP contribution is -2.06. The highest BCUT2D eigenvalue weighted by Crippen LogP contribution is 2.35. The zero-order valence-electron chi connectivity index (χ0n) is 16.5. The molecule has 0 spiro atoms. The molecule has 1 aliphatic rings. The lowest BCUT2D eigenvalue weighted by Gasteiger charge is -2.16. The molecule has 150 valence electrons. The Morgan fingerprint density at radius 1 is 1.37 bits per heavy atom. The predicted molar refractivity (Wildman–Crippen MR) is 106 cm³/mol. The van der Waals surface area contributed by atoms with E-state index in [2.05, 4.69) is 26.3 Å². The van der Waals surface area contributed by atoms with Gasteiger partial charge in [0.25, 0.3) is 0 Å². The molecule has 9 heteroatoms. The van der Waals surface area contributed by atoms with Crippen LogP contribution in [-0.2, 0) is 13.5 Å². The standard InChI is InChI=1S/C21H18FN7O/c1-11-13-8-12(22)5-6-17(13)30-7-3-4-14-18(16(9-23)29(2)28-14)15-10-24-21-20(25-15)19(11)26-27-21/h5-6,8,10-11H,3-4,7H2,1-2H3,(H,24,26,27)/t11-/m1/s1. The Labute approximate surface area is 171 Å². The van der Waals surface area contributed by atoms with Crippen LogP contribution < -0.4 is 4.74 Å². The van der Waals surface area contributed by atoms with Crippen molar-refractivity contribution in [3.8, 4) is 23.1 Å². The average molecular weight is 403 g/mol. The summed E-state index contributed by atoms with van der Waals surface area (Å²) < 4.78 is 21.6. The SMILES string of the molecule is C[C@@H]1c2cc(F)ccc2OCCCc2nn(C)c(C#N)c2-c2cnc3n[nH]c1c3n2. The second-order valence-electron chi connectivity index (χ2n) is 7.33. The van der Waals surface area contributed by atoms with Crippen LogP contribution in [0.2, 0.25) is 0 Å². The third-order valence-corrected chi connectivity index (χ3v) is 5.46. The van der Waals surface area contributed by atoms with E-state index in [9.17, 15) is 9.65 Å². The van der Waals surface area contributed by atoms with Crippen molar-refractivity contribution >= 4 is 11.2 Å². The number of halogens is 1. The number of aryl methyl sites for hydroxylation is 2. The number of fused-ring (bicyclic) bond motifs is 4. The van der Waals surface area contributed by atoms with Gasteiger partial charge in [-0.3, -0.25) is 9.78 Å². The topological polar surface area (TPSA) is 105 Å². The van der Waals surface area contributed by atoms with E-state index in [1.54, 1.807) is 24.0 Å². The van der Waals surface area contributed by atoms with Gasteiger partial charge in [-0.05, 0) is 31.0 Å². The number of nitriles is 1. The smallest absolute Gasteiger partial charge is 0.199 e. The van der Waals surface area contributed by atoms with Crippen molar-refractivity contribution in [3.63, 3.8) is 0 Å². The van der Waals surface area contributed by atoms with Crippen molar-refractivity contribution in [2.45, 2.75) is 25.7 Å². The van der Waals surface area contributed by atoms with Crippen molar-refractivity contribution in [2.75, 3.05) is 6.61 Å². The summed E-state index contributed by atoms with van der Waals surface area (Å²) in [6.45, 7) is 2.38. The van der Waals surface area contributed by atoms with Gasteiger partial charge in [0.1, 0.15) is 28.8 Å². The molecule has 1 atom stereocenters. The Morgan fingerprint density at radius 3 is 3.07 bits per heavy atom. The molecule has 30 heavy (non-hydrogen) atoms. The minimum absolute atomic E-state index is 0.255. The molecule has 1 aliphatic heterocycles. The Hall–Kier alpha value is -3.80. The number of hydrogen-bond acceptors (Lipinski definition) is 6. The monoisotopic (exact) mass is 403 g/mol. The van der Waals surface area contributed by atoms with E-state index in [4.69, 9.17) is 9.72 Å². The van der Waals surface area contributed by atoms with E-state index in [1.165, 1.54) is 12.1 Å². The molecule has 0 aliphatic carbocycles. The van der Waals surface area contributed by atoms with Crippen LogP contribution in [0.5, 0.6) is 5.75 Å². The summed E-state index contributed by atoms with van der Waals surface area (Å²) in [5.74, 6) is 0.0311. The molecule has 0 saturated heterocycles. The quantitative estimate of drug-likeness (QED) is 0.483. The molecule has 1 aromatic carbocycles. The molecule has 1 N–H and O–H groups in total. The minimum atomic E-state index is -0.333. The number of H-pyrrole nitrogens is 1. The lowest BCUT2D eigenvalue weighted by atomic mass is 9.96. The first-order valence-electron chi connectivity index (χ1n) is 9.66. The van der Waals surface area contributed by atoms with Gasteiger partial charge in [0, 0.05) is 18.5 Å². The molecule has 0 fully saturated rings. The van der Waals surface area contributed by atoms with Crippen LogP contribution in [-0.4, -0.2) is 36.6 Å². The number of hydrogen-bond donors (Lipinski definition) is 1. The van der Waals surface area contributed by atoms with Crippen LogP contribution in [0.1, 0.15) is 41.9 Å². The van der Waals surface area contributed by atoms with Crippen LogP contribution in [0.15, 0.2) is 24.4 Å². The van der Waals surface area contributed by atoms with Gasteiger partial charge in [-0.15, -0.1) is 0 Å². The van der Waals surface area contributed by atoms with Crippen LogP contribution >= 0.6 is 0 Å². The molecule has 0 unspecified atom stereocenters. The van der Waals surface area contributed by atoms with Gasteiger partial charge in [-0.2, -0.15) is 15.5 Å².